The molecule has 0 aromatic heterocycles. The number of carbonyl (C=O) groups excluding carboxylic acids is 1. The molecule has 0 bridgehead atoms. The van der Waals surface area contributed by atoms with Gasteiger partial charge in [0, 0.05) is 21.5 Å². The summed E-state index contributed by atoms with van der Waals surface area (Å²) >= 11 is 1.72. The molecule has 25 heavy (non-hydrogen) atoms. The Morgan fingerprint density at radius 1 is 1.12 bits per heavy atom. The lowest BCUT2D eigenvalue weighted by molar-refractivity contribution is 0.247. The number of carbonyl (C=O) groups is 1. The third-order valence-electron chi connectivity index (χ3n) is 3.81. The van der Waals surface area contributed by atoms with Crippen LogP contribution in [0.5, 0.6) is 0 Å². The van der Waals surface area contributed by atoms with Crippen LogP contribution >= 0.6 is 11.8 Å². The standard InChI is InChI=1S/C20H27N3OS/c1-15-14-18(25-17-8-6-5-7-9-17)10-11-19(15)22-20(24)21-16(2)12-13-23(3)4/h5-11,14,16H,12-13H2,1-4H3,(H2,21,22,24). The van der Waals surface area contributed by atoms with Crippen LogP contribution in [0.3, 0.4) is 0 Å². The van der Waals surface area contributed by atoms with E-state index in [1.54, 1.807) is 11.8 Å². The van der Waals surface area contributed by atoms with Crippen LogP contribution in [0.1, 0.15) is 18.9 Å². The summed E-state index contributed by atoms with van der Waals surface area (Å²) in [5.74, 6) is 0. The highest BCUT2D eigenvalue weighted by atomic mass is 32.2. The van der Waals surface area contributed by atoms with Crippen LogP contribution in [0.2, 0.25) is 0 Å². The normalized spacial score (nSPS) is 12.0. The average molecular weight is 358 g/mol. The molecule has 5 heteroatoms. The molecule has 1 unspecified atom stereocenters. The Kier molecular flexibility index (Phi) is 7.34. The van der Waals surface area contributed by atoms with Crippen LogP contribution in [0, 0.1) is 6.92 Å². The first kappa shape index (κ1) is 19.3. The molecule has 2 amide bonds. The summed E-state index contributed by atoms with van der Waals surface area (Å²) < 4.78 is 0. The largest absolute Gasteiger partial charge is 0.335 e. The van der Waals surface area contributed by atoms with E-state index in [1.807, 2.05) is 58.3 Å². The molecule has 0 heterocycles. The number of benzene rings is 2. The summed E-state index contributed by atoms with van der Waals surface area (Å²) in [4.78, 5) is 16.6. The first-order chi connectivity index (χ1) is 11.9. The van der Waals surface area contributed by atoms with Gasteiger partial charge in [0.05, 0.1) is 0 Å². The molecule has 0 radical (unpaired) electrons. The molecule has 0 saturated carbocycles. The molecule has 1 atom stereocenters. The molecular weight excluding hydrogens is 330 g/mol. The Morgan fingerprint density at radius 3 is 2.48 bits per heavy atom. The molecule has 0 fully saturated rings. The highest BCUT2D eigenvalue weighted by Gasteiger charge is 2.09. The van der Waals surface area contributed by atoms with Gasteiger partial charge < -0.3 is 15.5 Å². The second-order valence-corrected chi connectivity index (χ2v) is 7.63. The van der Waals surface area contributed by atoms with Crippen molar-refractivity contribution in [3.63, 3.8) is 0 Å². The zero-order valence-electron chi connectivity index (χ0n) is 15.4. The van der Waals surface area contributed by atoms with Crippen LogP contribution < -0.4 is 10.6 Å². The quantitative estimate of drug-likeness (QED) is 0.761. The van der Waals surface area contributed by atoms with Gasteiger partial charge in [-0.25, -0.2) is 4.79 Å². The molecule has 0 saturated heterocycles. The molecule has 134 valence electrons. The molecule has 0 spiro atoms. The van der Waals surface area contributed by atoms with Crippen LogP contribution in [0.15, 0.2) is 58.3 Å². The van der Waals surface area contributed by atoms with Gasteiger partial charge >= 0.3 is 6.03 Å². The molecule has 2 N–H and O–H groups in total. The minimum Gasteiger partial charge on any atom is -0.335 e. The molecule has 2 aromatic rings. The molecular formula is C20H27N3OS. The zero-order chi connectivity index (χ0) is 18.2. The number of amides is 2. The minimum atomic E-state index is -0.155. The maximum atomic E-state index is 12.2. The smallest absolute Gasteiger partial charge is 0.319 e. The first-order valence-corrected chi connectivity index (χ1v) is 9.31. The van der Waals surface area contributed by atoms with E-state index < -0.39 is 0 Å². The summed E-state index contributed by atoms with van der Waals surface area (Å²) in [6, 6.07) is 16.3. The van der Waals surface area contributed by atoms with Gasteiger partial charge in [0.2, 0.25) is 0 Å². The van der Waals surface area contributed by atoms with E-state index in [2.05, 4.69) is 33.7 Å². The van der Waals surface area contributed by atoms with Gasteiger partial charge in [0.25, 0.3) is 0 Å². The van der Waals surface area contributed by atoms with E-state index in [4.69, 9.17) is 0 Å². The van der Waals surface area contributed by atoms with Crippen molar-refractivity contribution in [2.45, 2.75) is 36.1 Å². The average Bonchev–Trinajstić information content (AvgIpc) is 2.56. The number of anilines is 1. The molecule has 0 aliphatic rings. The van der Waals surface area contributed by atoms with Crippen LogP contribution in [0.4, 0.5) is 10.5 Å². The number of rotatable bonds is 7. The Labute approximate surface area is 155 Å². The predicted octanol–water partition coefficient (Wildman–Crippen LogP) is 4.61. The van der Waals surface area contributed by atoms with Crippen molar-refractivity contribution in [3.8, 4) is 0 Å². The number of aryl methyl sites for hydroxylation is 1. The topological polar surface area (TPSA) is 44.4 Å². The van der Waals surface area contributed by atoms with Crippen LogP contribution in [-0.2, 0) is 0 Å². The summed E-state index contributed by atoms with van der Waals surface area (Å²) in [6.07, 6.45) is 0.923. The van der Waals surface area contributed by atoms with Crippen molar-refractivity contribution >= 4 is 23.5 Å². The van der Waals surface area contributed by atoms with Crippen molar-refractivity contribution in [1.29, 1.82) is 0 Å². The summed E-state index contributed by atoms with van der Waals surface area (Å²) in [6.45, 7) is 4.99. The highest BCUT2D eigenvalue weighted by molar-refractivity contribution is 7.99. The van der Waals surface area contributed by atoms with Gasteiger partial charge in [0.15, 0.2) is 0 Å². The van der Waals surface area contributed by atoms with E-state index in [1.165, 1.54) is 4.90 Å². The summed E-state index contributed by atoms with van der Waals surface area (Å²) in [5, 5.41) is 5.93. The minimum absolute atomic E-state index is 0.135. The number of hydrogen-bond donors (Lipinski definition) is 2. The Bertz CT molecular complexity index is 689. The second kappa shape index (κ2) is 9.49. The van der Waals surface area contributed by atoms with Gasteiger partial charge in [-0.05, 0) is 76.8 Å². The van der Waals surface area contributed by atoms with E-state index in [0.29, 0.717) is 0 Å². The SMILES string of the molecule is Cc1cc(Sc2ccccc2)ccc1NC(=O)NC(C)CCN(C)C. The lowest BCUT2D eigenvalue weighted by atomic mass is 10.2. The van der Waals surface area contributed by atoms with E-state index in [-0.39, 0.29) is 12.1 Å². The van der Waals surface area contributed by atoms with Gasteiger partial charge in [-0.1, -0.05) is 30.0 Å². The molecule has 2 rings (SSSR count). The van der Waals surface area contributed by atoms with E-state index in [0.717, 1.165) is 29.1 Å². The Hall–Kier alpha value is -1.98. The second-order valence-electron chi connectivity index (χ2n) is 6.48. The Balaban J connectivity index is 1.91. The fourth-order valence-electron chi connectivity index (χ4n) is 2.37. The fourth-order valence-corrected chi connectivity index (χ4v) is 3.31. The lowest BCUT2D eigenvalue weighted by Crippen LogP contribution is -2.37. The summed E-state index contributed by atoms with van der Waals surface area (Å²) in [5.41, 5.74) is 1.90. The highest BCUT2D eigenvalue weighted by Crippen LogP contribution is 2.30. The number of nitrogens with one attached hydrogen (secondary N) is 2. The van der Waals surface area contributed by atoms with Crippen LogP contribution in [-0.4, -0.2) is 37.6 Å². The molecule has 0 aliphatic heterocycles. The first-order valence-electron chi connectivity index (χ1n) is 8.50. The maximum absolute atomic E-state index is 12.2. The number of nitrogens with zero attached hydrogens (tertiary/aromatic N) is 1. The van der Waals surface area contributed by atoms with Crippen molar-refractivity contribution in [2.75, 3.05) is 26.0 Å². The monoisotopic (exact) mass is 357 g/mol. The van der Waals surface area contributed by atoms with Gasteiger partial charge in [0.1, 0.15) is 0 Å². The van der Waals surface area contributed by atoms with Gasteiger partial charge in [-0.2, -0.15) is 0 Å². The number of urea groups is 1. The van der Waals surface area contributed by atoms with Crippen molar-refractivity contribution in [2.24, 2.45) is 0 Å². The predicted molar refractivity (Wildman–Crippen MR) is 107 cm³/mol. The number of hydrogen-bond acceptors (Lipinski definition) is 3. The molecule has 2 aromatic carbocycles. The van der Waals surface area contributed by atoms with Crippen molar-refractivity contribution < 1.29 is 4.79 Å². The molecule has 0 aliphatic carbocycles. The Morgan fingerprint density at radius 2 is 1.84 bits per heavy atom. The van der Waals surface area contributed by atoms with Gasteiger partial charge in [-0.15, -0.1) is 0 Å². The van der Waals surface area contributed by atoms with Gasteiger partial charge in [-0.3, -0.25) is 0 Å². The third kappa shape index (κ3) is 6.80. The van der Waals surface area contributed by atoms with Crippen molar-refractivity contribution in [3.05, 3.63) is 54.1 Å². The third-order valence-corrected chi connectivity index (χ3v) is 4.81. The fraction of sp³-hybridized carbons (Fsp3) is 0.350. The van der Waals surface area contributed by atoms with E-state index >= 15 is 0 Å². The van der Waals surface area contributed by atoms with E-state index in [9.17, 15) is 4.79 Å². The summed E-state index contributed by atoms with van der Waals surface area (Å²) in [7, 11) is 4.07. The van der Waals surface area contributed by atoms with Crippen molar-refractivity contribution in [1.82, 2.24) is 10.2 Å². The maximum Gasteiger partial charge on any atom is 0.319 e. The molecule has 4 nitrogen and oxygen atoms in total. The zero-order valence-corrected chi connectivity index (χ0v) is 16.2. The lowest BCUT2D eigenvalue weighted by Gasteiger charge is -2.18. The van der Waals surface area contributed by atoms with Crippen LogP contribution in [0.25, 0.3) is 0 Å².